The van der Waals surface area contributed by atoms with E-state index < -0.39 is 18.2 Å². The van der Waals surface area contributed by atoms with Gasteiger partial charge in [-0.3, -0.25) is 14.9 Å². The maximum absolute atomic E-state index is 13.0. The van der Waals surface area contributed by atoms with Crippen molar-refractivity contribution in [3.63, 3.8) is 0 Å². The summed E-state index contributed by atoms with van der Waals surface area (Å²) < 4.78 is 31.7. The van der Waals surface area contributed by atoms with Gasteiger partial charge < -0.3 is 15.7 Å². The number of aryl methyl sites for hydroxylation is 1. The minimum absolute atomic E-state index is 0.0413. The molecule has 4 rings (SSSR count). The molecule has 2 amide bonds. The zero-order valence-corrected chi connectivity index (χ0v) is 22.3. The van der Waals surface area contributed by atoms with E-state index in [0.717, 1.165) is 29.8 Å². The van der Waals surface area contributed by atoms with Crippen molar-refractivity contribution in [3.8, 4) is 0 Å². The molecule has 1 aromatic heterocycles. The number of primary amides is 1. The van der Waals surface area contributed by atoms with Crippen molar-refractivity contribution in [2.45, 2.75) is 43.9 Å². The van der Waals surface area contributed by atoms with Gasteiger partial charge in [-0.1, -0.05) is 60.7 Å². The number of halogens is 3. The minimum Gasteiger partial charge on any atom is -0.475 e. The van der Waals surface area contributed by atoms with Gasteiger partial charge in [-0.2, -0.15) is 13.2 Å². The van der Waals surface area contributed by atoms with Crippen LogP contribution in [0.1, 0.15) is 22.4 Å². The van der Waals surface area contributed by atoms with Crippen LogP contribution >= 0.6 is 11.3 Å². The molecule has 212 valence electrons. The molecule has 0 saturated heterocycles. The highest BCUT2D eigenvalue weighted by atomic mass is 32.1. The lowest BCUT2D eigenvalue weighted by molar-refractivity contribution is -0.192. The number of hydrogen-bond acceptors (Lipinski definition) is 5. The van der Waals surface area contributed by atoms with Gasteiger partial charge in [-0.15, -0.1) is 11.3 Å². The van der Waals surface area contributed by atoms with Gasteiger partial charge in [-0.05, 0) is 47.9 Å². The van der Waals surface area contributed by atoms with Crippen molar-refractivity contribution in [3.05, 3.63) is 100 Å². The van der Waals surface area contributed by atoms with Crippen molar-refractivity contribution in [1.29, 1.82) is 0 Å². The molecule has 3 aromatic rings. The van der Waals surface area contributed by atoms with Crippen molar-refractivity contribution in [1.82, 2.24) is 5.32 Å². The van der Waals surface area contributed by atoms with Crippen molar-refractivity contribution in [2.24, 2.45) is 5.73 Å². The Kier molecular flexibility index (Phi) is 11.0. The number of carboxylic acids is 1. The molecular weight excluding hydrogens is 543 g/mol. The largest absolute Gasteiger partial charge is 0.490 e. The van der Waals surface area contributed by atoms with E-state index in [0.29, 0.717) is 13.0 Å². The molecule has 0 saturated carbocycles. The highest BCUT2D eigenvalue weighted by molar-refractivity contribution is 7.09. The first-order valence-electron chi connectivity index (χ1n) is 12.5. The fourth-order valence-electron chi connectivity index (χ4n) is 4.19. The number of benzene rings is 2. The van der Waals surface area contributed by atoms with Crippen LogP contribution in [-0.2, 0) is 33.6 Å². The molecule has 40 heavy (non-hydrogen) atoms. The smallest absolute Gasteiger partial charge is 0.475 e. The van der Waals surface area contributed by atoms with Gasteiger partial charge in [0.2, 0.25) is 5.91 Å². The van der Waals surface area contributed by atoms with E-state index >= 15 is 0 Å². The number of anilines is 1. The molecule has 11 heteroatoms. The normalized spacial score (nSPS) is 14.2. The van der Waals surface area contributed by atoms with Gasteiger partial charge in [-0.25, -0.2) is 4.79 Å². The zero-order valence-electron chi connectivity index (χ0n) is 21.5. The summed E-state index contributed by atoms with van der Waals surface area (Å²) in [5.74, 6) is -3.19. The third-order valence-electron chi connectivity index (χ3n) is 6.20. The maximum Gasteiger partial charge on any atom is 0.490 e. The molecule has 0 bridgehead atoms. The monoisotopic (exact) mass is 573 g/mol. The molecule has 2 aromatic carbocycles. The Morgan fingerprint density at radius 3 is 2.35 bits per heavy atom. The quantitative estimate of drug-likeness (QED) is 0.309. The molecule has 0 radical (unpaired) electrons. The summed E-state index contributed by atoms with van der Waals surface area (Å²) in [5, 5.41) is 12.5. The number of carbonyl (C=O) groups is 3. The van der Waals surface area contributed by atoms with E-state index in [1.54, 1.807) is 17.4 Å². The third-order valence-corrected chi connectivity index (χ3v) is 7.10. The number of rotatable bonds is 10. The number of para-hydroxylation sites is 1. The zero-order chi connectivity index (χ0) is 29.1. The Morgan fingerprint density at radius 2 is 1.73 bits per heavy atom. The summed E-state index contributed by atoms with van der Waals surface area (Å²) in [4.78, 5) is 37.0. The van der Waals surface area contributed by atoms with Crippen LogP contribution in [0.15, 0.2) is 84.3 Å². The Bertz CT molecular complexity index is 1300. The van der Waals surface area contributed by atoms with Crippen LogP contribution < -0.4 is 16.0 Å². The van der Waals surface area contributed by atoms with Crippen molar-refractivity contribution < 1.29 is 32.7 Å². The van der Waals surface area contributed by atoms with Crippen LogP contribution in [0.25, 0.3) is 0 Å². The van der Waals surface area contributed by atoms with E-state index in [1.807, 2.05) is 64.9 Å². The Hall–Kier alpha value is -3.96. The second-order valence-corrected chi connectivity index (χ2v) is 10.1. The fourth-order valence-corrected chi connectivity index (χ4v) is 4.94. The first-order chi connectivity index (χ1) is 19.0. The number of fused-ring (bicyclic) bond motifs is 1. The topological polar surface area (TPSA) is 113 Å². The van der Waals surface area contributed by atoms with Crippen LogP contribution in [-0.4, -0.2) is 47.7 Å². The predicted octanol–water partition coefficient (Wildman–Crippen LogP) is 4.51. The molecule has 2 atom stereocenters. The number of amides is 2. The molecule has 0 unspecified atom stereocenters. The maximum atomic E-state index is 13.0. The molecule has 0 spiro atoms. The summed E-state index contributed by atoms with van der Waals surface area (Å²) in [7, 11) is 0. The Labute approximate surface area is 234 Å². The Balaban J connectivity index is 0.000000559. The van der Waals surface area contributed by atoms with Crippen LogP contribution in [0.2, 0.25) is 0 Å². The summed E-state index contributed by atoms with van der Waals surface area (Å²) in [5.41, 5.74) is 9.11. The van der Waals surface area contributed by atoms with E-state index in [9.17, 15) is 22.8 Å². The van der Waals surface area contributed by atoms with E-state index in [4.69, 9.17) is 15.6 Å². The third kappa shape index (κ3) is 9.35. The number of aliphatic carboxylic acids is 1. The Morgan fingerprint density at radius 1 is 1.05 bits per heavy atom. The van der Waals surface area contributed by atoms with Crippen molar-refractivity contribution in [2.75, 3.05) is 11.4 Å². The summed E-state index contributed by atoms with van der Waals surface area (Å²) >= 11 is 1.61. The van der Waals surface area contributed by atoms with Gasteiger partial charge in [0.25, 0.3) is 5.91 Å². The van der Waals surface area contributed by atoms with E-state index in [-0.39, 0.29) is 17.9 Å². The highest BCUT2D eigenvalue weighted by Crippen LogP contribution is 2.27. The summed E-state index contributed by atoms with van der Waals surface area (Å²) in [6.07, 6.45) is 1.42. The van der Waals surface area contributed by atoms with E-state index in [2.05, 4.69) is 23.5 Å². The minimum atomic E-state index is -5.08. The average molecular weight is 574 g/mol. The summed E-state index contributed by atoms with van der Waals surface area (Å²) in [6, 6.07) is 21.5. The van der Waals surface area contributed by atoms with Gasteiger partial charge >= 0.3 is 12.1 Å². The molecule has 0 fully saturated rings. The first-order valence-corrected chi connectivity index (χ1v) is 13.4. The van der Waals surface area contributed by atoms with Gasteiger partial charge in [0.05, 0.1) is 6.04 Å². The molecule has 7 nitrogen and oxygen atoms in total. The highest BCUT2D eigenvalue weighted by Gasteiger charge is 2.38. The number of thiophene rings is 1. The van der Waals surface area contributed by atoms with Crippen molar-refractivity contribution >= 4 is 34.8 Å². The van der Waals surface area contributed by atoms with Crippen LogP contribution in [0.5, 0.6) is 0 Å². The average Bonchev–Trinajstić information content (AvgIpc) is 3.60. The number of nitrogens with zero attached hydrogens (tertiary/aromatic N) is 1. The first kappa shape index (κ1) is 30.6. The number of nitrogens with two attached hydrogens (primary N) is 1. The molecular formula is C29H30F3N3O4S. The van der Waals surface area contributed by atoms with Crippen LogP contribution in [0.4, 0.5) is 18.9 Å². The standard InChI is InChI=1S/C27H29N3O2S.C2HF3O2/c28-27(32)24(19-23-10-6-18-33-23)29-22(13-12-20-7-2-1-3-8-20)14-15-26(31)30-17-16-21-9-4-5-11-25(21)30;3-2(4,5)1(6)7/h1-11,14-15,18,22,24,29H,12-13,16-17,19H2,(H2,28,32);(H,6,7)/b15-14+;/t22-,24-;/m0./s1. The number of carboxylic acid groups (broad SMARTS) is 1. The van der Waals surface area contributed by atoms with Gasteiger partial charge in [0.15, 0.2) is 0 Å². The fraction of sp³-hybridized carbons (Fsp3) is 0.276. The van der Waals surface area contributed by atoms with Gasteiger partial charge in [0, 0.05) is 35.6 Å². The molecule has 0 aliphatic carbocycles. The lowest BCUT2D eigenvalue weighted by Gasteiger charge is -2.22. The second-order valence-electron chi connectivity index (χ2n) is 9.07. The van der Waals surface area contributed by atoms with Gasteiger partial charge in [0.1, 0.15) is 0 Å². The second kappa shape index (κ2) is 14.4. The van der Waals surface area contributed by atoms with E-state index in [1.165, 1.54) is 11.1 Å². The summed E-state index contributed by atoms with van der Waals surface area (Å²) in [6.45, 7) is 0.687. The number of carbonyl (C=O) groups excluding carboxylic acids is 2. The lowest BCUT2D eigenvalue weighted by Crippen LogP contribution is -2.47. The molecule has 2 heterocycles. The number of alkyl halides is 3. The molecule has 1 aliphatic rings. The SMILES string of the molecule is NC(=O)[C@H](Cc1cccs1)N[C@H](/C=C/C(=O)N1CCc2ccccc21)CCc1ccccc1.O=C(O)C(F)(F)F. The lowest BCUT2D eigenvalue weighted by atomic mass is 10.0. The number of nitrogens with one attached hydrogen (secondary N) is 1. The van der Waals surface area contributed by atoms with Crippen LogP contribution in [0.3, 0.4) is 0 Å². The molecule has 4 N–H and O–H groups in total. The molecule has 1 aliphatic heterocycles. The predicted molar refractivity (Wildman–Crippen MR) is 148 cm³/mol. The number of hydrogen-bond donors (Lipinski definition) is 3. The van der Waals surface area contributed by atoms with Crippen LogP contribution in [0, 0.1) is 0 Å².